The Balaban J connectivity index is 1.64. The van der Waals surface area contributed by atoms with Crippen LogP contribution in [0.1, 0.15) is 36.6 Å². The van der Waals surface area contributed by atoms with Crippen LogP contribution >= 0.6 is 23.2 Å². The predicted octanol–water partition coefficient (Wildman–Crippen LogP) is 3.72. The Morgan fingerprint density at radius 1 is 1.27 bits per heavy atom. The zero-order valence-corrected chi connectivity index (χ0v) is 20.0. The minimum atomic E-state index is -3.89. The minimum Gasteiger partial charge on any atom is -0.466 e. The molecule has 1 aliphatic rings. The summed E-state index contributed by atoms with van der Waals surface area (Å²) in [6, 6.07) is 4.69. The maximum atomic E-state index is 13.0. The van der Waals surface area contributed by atoms with Gasteiger partial charge < -0.3 is 14.7 Å². The van der Waals surface area contributed by atoms with Crippen molar-refractivity contribution < 1.29 is 17.9 Å². The second-order valence-corrected chi connectivity index (χ2v) is 10.1. The average Bonchev–Trinajstić information content (AvgIpc) is 3.07. The highest BCUT2D eigenvalue weighted by Gasteiger charge is 2.32. The highest BCUT2D eigenvalue weighted by Crippen LogP contribution is 2.42. The van der Waals surface area contributed by atoms with Crippen molar-refractivity contribution in [3.8, 4) is 0 Å². The summed E-state index contributed by atoms with van der Waals surface area (Å²) in [6.07, 6.45) is 2.70. The summed E-state index contributed by atoms with van der Waals surface area (Å²) in [5.74, 6) is -0.284. The number of pyridine rings is 1. The van der Waals surface area contributed by atoms with Crippen molar-refractivity contribution in [2.45, 2.75) is 39.3 Å². The lowest BCUT2D eigenvalue weighted by molar-refractivity contribution is -0.143. The number of aryl methyl sites for hydroxylation is 1. The van der Waals surface area contributed by atoms with Crippen LogP contribution < -0.4 is 10.3 Å². The van der Waals surface area contributed by atoms with Crippen LogP contribution in [0.2, 0.25) is 10.0 Å². The van der Waals surface area contributed by atoms with E-state index in [-0.39, 0.29) is 31.0 Å². The minimum absolute atomic E-state index is 0.0267. The summed E-state index contributed by atoms with van der Waals surface area (Å²) in [5.41, 5.74) is 2.46. The van der Waals surface area contributed by atoms with Crippen LogP contribution in [0.3, 0.4) is 0 Å². The summed E-state index contributed by atoms with van der Waals surface area (Å²) < 4.78 is 34.7. The number of halogens is 2. The maximum Gasteiger partial charge on any atom is 0.305 e. The monoisotopic (exact) mass is 512 g/mol. The molecule has 0 amide bonds. The Bertz CT molecular complexity index is 1380. The first-order chi connectivity index (χ1) is 15.7. The molecule has 0 atom stereocenters. The van der Waals surface area contributed by atoms with Gasteiger partial charge in [-0.25, -0.2) is 0 Å². The van der Waals surface area contributed by atoms with Gasteiger partial charge in [0.25, 0.3) is 0 Å². The van der Waals surface area contributed by atoms with Crippen LogP contribution in [0, 0.1) is 0 Å². The smallest absolute Gasteiger partial charge is 0.305 e. The molecule has 0 aliphatic carbocycles. The van der Waals surface area contributed by atoms with Crippen molar-refractivity contribution in [1.82, 2.24) is 14.3 Å². The molecule has 12 heteroatoms. The van der Waals surface area contributed by atoms with Gasteiger partial charge in [-0.3, -0.25) is 14.3 Å². The normalized spacial score (nSPS) is 15.2. The third-order valence-electron chi connectivity index (χ3n) is 5.35. The molecule has 3 N–H and O–H groups in total. The first-order valence-electron chi connectivity index (χ1n) is 10.3. The fourth-order valence-corrected chi connectivity index (χ4v) is 5.81. The Labute approximate surface area is 200 Å². The highest BCUT2D eigenvalue weighted by atomic mass is 35.5. The third-order valence-corrected chi connectivity index (χ3v) is 7.47. The molecule has 1 aliphatic heterocycles. The molecule has 0 fully saturated rings. The molecule has 3 aromatic rings. The van der Waals surface area contributed by atoms with Gasteiger partial charge in [0.1, 0.15) is 0 Å². The molecule has 9 nitrogen and oxygen atoms in total. The zero-order chi connectivity index (χ0) is 23.8. The van der Waals surface area contributed by atoms with E-state index < -0.39 is 10.2 Å². The molecule has 0 radical (unpaired) electrons. The predicted molar refractivity (Wildman–Crippen MR) is 127 cm³/mol. The Morgan fingerprint density at radius 3 is 2.79 bits per heavy atom. The molecule has 4 rings (SSSR count). The van der Waals surface area contributed by atoms with Crippen LogP contribution in [-0.2, 0) is 39.3 Å². The first-order valence-corrected chi connectivity index (χ1v) is 12.5. The summed E-state index contributed by atoms with van der Waals surface area (Å²) >= 11 is 13.1. The van der Waals surface area contributed by atoms with E-state index in [1.54, 1.807) is 19.1 Å². The van der Waals surface area contributed by atoms with Gasteiger partial charge in [-0.2, -0.15) is 12.7 Å². The topological polar surface area (TPSA) is 124 Å². The molecule has 1 aromatic carbocycles. The van der Waals surface area contributed by atoms with Gasteiger partial charge in [0.15, 0.2) is 0 Å². The summed E-state index contributed by atoms with van der Waals surface area (Å²) in [4.78, 5) is 28.9. The van der Waals surface area contributed by atoms with E-state index in [4.69, 9.17) is 27.9 Å². The molecule has 3 heterocycles. The standard InChI is InChI=1S/C21H22Cl2N4O5S/c1-2-32-17(29)5-3-4-15-19(23)18-14(22)9-13-11-27(10-12-6-7-24-16(28)8-12)33(30,31)26-20(13)21(18)25-15/h6-9,25-26H,2-5,10-11H2,1H3,(H,24,28). The van der Waals surface area contributed by atoms with Crippen LogP contribution in [0.25, 0.3) is 10.9 Å². The molecule has 0 unspecified atom stereocenters. The lowest BCUT2D eigenvalue weighted by Crippen LogP contribution is -2.39. The Hall–Kier alpha value is -2.53. The number of fused-ring (bicyclic) bond motifs is 3. The fourth-order valence-electron chi connectivity index (χ4n) is 3.86. The number of rotatable bonds is 7. The van der Waals surface area contributed by atoms with Gasteiger partial charge >= 0.3 is 16.2 Å². The quantitative estimate of drug-likeness (QED) is 0.416. The zero-order valence-electron chi connectivity index (χ0n) is 17.7. The third kappa shape index (κ3) is 4.89. The van der Waals surface area contributed by atoms with E-state index in [2.05, 4.69) is 14.7 Å². The van der Waals surface area contributed by atoms with E-state index >= 15 is 0 Å². The number of benzene rings is 1. The number of nitrogens with zero attached hydrogens (tertiary/aromatic N) is 1. The van der Waals surface area contributed by atoms with E-state index in [9.17, 15) is 18.0 Å². The number of ether oxygens (including phenoxy) is 1. The molecule has 0 saturated heterocycles. The van der Waals surface area contributed by atoms with E-state index in [1.165, 1.54) is 16.6 Å². The van der Waals surface area contributed by atoms with E-state index in [1.807, 2.05) is 0 Å². The number of hydrogen-bond acceptors (Lipinski definition) is 5. The van der Waals surface area contributed by atoms with Crippen LogP contribution in [0.5, 0.6) is 0 Å². The van der Waals surface area contributed by atoms with Crippen molar-refractivity contribution in [2.75, 3.05) is 11.3 Å². The van der Waals surface area contributed by atoms with Crippen molar-refractivity contribution in [2.24, 2.45) is 0 Å². The van der Waals surface area contributed by atoms with E-state index in [0.29, 0.717) is 62.9 Å². The summed E-state index contributed by atoms with van der Waals surface area (Å²) in [7, 11) is -3.89. The highest BCUT2D eigenvalue weighted by molar-refractivity contribution is 7.90. The van der Waals surface area contributed by atoms with Crippen molar-refractivity contribution >= 4 is 56.0 Å². The van der Waals surface area contributed by atoms with Gasteiger partial charge in [-0.05, 0) is 43.0 Å². The van der Waals surface area contributed by atoms with Gasteiger partial charge in [-0.15, -0.1) is 0 Å². The van der Waals surface area contributed by atoms with Gasteiger partial charge in [0, 0.05) is 42.9 Å². The number of nitrogens with one attached hydrogen (secondary N) is 3. The van der Waals surface area contributed by atoms with Gasteiger partial charge in [0.2, 0.25) is 5.56 Å². The van der Waals surface area contributed by atoms with E-state index in [0.717, 1.165) is 0 Å². The second-order valence-electron chi connectivity index (χ2n) is 7.65. The number of anilines is 1. The number of H-pyrrole nitrogens is 2. The van der Waals surface area contributed by atoms with Crippen molar-refractivity contribution in [3.05, 3.63) is 61.6 Å². The number of aromatic nitrogens is 2. The van der Waals surface area contributed by atoms with Crippen molar-refractivity contribution in [1.29, 1.82) is 0 Å². The number of carbonyl (C=O) groups excluding carboxylic acids is 1. The van der Waals surface area contributed by atoms with Crippen LogP contribution in [0.4, 0.5) is 5.69 Å². The Kier molecular flexibility index (Phi) is 6.71. The average molecular weight is 513 g/mol. The summed E-state index contributed by atoms with van der Waals surface area (Å²) in [6.45, 7) is 2.17. The molecule has 33 heavy (non-hydrogen) atoms. The Morgan fingerprint density at radius 2 is 2.06 bits per heavy atom. The largest absolute Gasteiger partial charge is 0.466 e. The fraction of sp³-hybridized carbons (Fsp3) is 0.333. The first kappa shape index (κ1) is 23.6. The van der Waals surface area contributed by atoms with Crippen molar-refractivity contribution in [3.63, 3.8) is 0 Å². The number of hydrogen-bond donors (Lipinski definition) is 3. The van der Waals surface area contributed by atoms with Crippen LogP contribution in [-0.4, -0.2) is 35.3 Å². The molecule has 0 spiro atoms. The molecule has 0 bridgehead atoms. The lowest BCUT2D eigenvalue weighted by atomic mass is 10.1. The molecule has 2 aromatic heterocycles. The molecule has 0 saturated carbocycles. The number of carbonyl (C=O) groups is 1. The SMILES string of the molecule is CCOC(=O)CCCc1[nH]c2c3c(cc(Cl)c2c1Cl)CN(Cc1cc[nH]c(=O)c1)S(=O)(=O)N3. The van der Waals surface area contributed by atoms with Gasteiger partial charge in [0.05, 0.1) is 27.9 Å². The maximum absolute atomic E-state index is 13.0. The number of aromatic amines is 2. The second kappa shape index (κ2) is 9.38. The van der Waals surface area contributed by atoms with Gasteiger partial charge in [-0.1, -0.05) is 23.2 Å². The van der Waals surface area contributed by atoms with Crippen LogP contribution in [0.15, 0.2) is 29.2 Å². The molecule has 176 valence electrons. The number of esters is 1. The molecular weight excluding hydrogens is 491 g/mol. The molecular formula is C21H22Cl2N4O5S. The lowest BCUT2D eigenvalue weighted by Gasteiger charge is -2.29. The summed E-state index contributed by atoms with van der Waals surface area (Å²) in [5, 5.41) is 1.31.